The first-order valence-electron chi connectivity index (χ1n) is 6.73. The van der Waals surface area contributed by atoms with Gasteiger partial charge in [0.25, 0.3) is 0 Å². The highest BCUT2D eigenvalue weighted by Gasteiger charge is 2.34. The largest absolute Gasteiger partial charge is 0.481 e. The minimum Gasteiger partial charge on any atom is -0.481 e. The molecule has 0 bridgehead atoms. The Morgan fingerprint density at radius 1 is 1.33 bits per heavy atom. The number of carbonyl (C=O) groups is 1. The summed E-state index contributed by atoms with van der Waals surface area (Å²) < 4.78 is 40.0. The Hall–Kier alpha value is -1.47. The molecule has 1 heterocycles. The van der Waals surface area contributed by atoms with E-state index in [9.17, 15) is 17.6 Å². The minimum atomic E-state index is -3.80. The number of aryl methyl sites for hydroxylation is 2. The number of hydrogen-bond donors (Lipinski definition) is 1. The van der Waals surface area contributed by atoms with Crippen LogP contribution in [0.5, 0.6) is 0 Å². The molecule has 1 N–H and O–H groups in total. The second kappa shape index (κ2) is 5.73. The summed E-state index contributed by atoms with van der Waals surface area (Å²) in [4.78, 5) is 11.1. The summed E-state index contributed by atoms with van der Waals surface area (Å²) in [7, 11) is -3.80. The number of carboxylic acids is 1. The lowest BCUT2D eigenvalue weighted by molar-refractivity contribution is -0.142. The number of aliphatic carboxylic acids is 1. The van der Waals surface area contributed by atoms with Crippen LogP contribution in [0.15, 0.2) is 17.0 Å². The van der Waals surface area contributed by atoms with E-state index in [0.29, 0.717) is 30.5 Å². The van der Waals surface area contributed by atoms with Crippen molar-refractivity contribution in [3.63, 3.8) is 0 Å². The second-order valence-electron chi connectivity index (χ2n) is 5.41. The van der Waals surface area contributed by atoms with E-state index in [4.69, 9.17) is 5.11 Å². The number of halogens is 1. The van der Waals surface area contributed by atoms with Crippen molar-refractivity contribution in [2.24, 2.45) is 5.92 Å². The summed E-state index contributed by atoms with van der Waals surface area (Å²) in [5.74, 6) is -2.15. The molecule has 0 spiro atoms. The van der Waals surface area contributed by atoms with Gasteiger partial charge in [-0.3, -0.25) is 4.79 Å². The molecular formula is C14H18FNO4S. The van der Waals surface area contributed by atoms with E-state index in [1.165, 1.54) is 16.4 Å². The molecule has 1 unspecified atom stereocenters. The van der Waals surface area contributed by atoms with Crippen molar-refractivity contribution in [2.75, 3.05) is 13.1 Å². The van der Waals surface area contributed by atoms with Gasteiger partial charge in [0.15, 0.2) is 0 Å². The third kappa shape index (κ3) is 3.08. The number of hydrogen-bond acceptors (Lipinski definition) is 3. The Labute approximate surface area is 123 Å². The fourth-order valence-electron chi connectivity index (χ4n) is 2.80. The molecule has 1 fully saturated rings. The Morgan fingerprint density at radius 3 is 2.43 bits per heavy atom. The quantitative estimate of drug-likeness (QED) is 0.925. The van der Waals surface area contributed by atoms with Crippen molar-refractivity contribution >= 4 is 16.0 Å². The molecule has 0 aliphatic carbocycles. The van der Waals surface area contributed by atoms with Crippen molar-refractivity contribution in [3.8, 4) is 0 Å². The van der Waals surface area contributed by atoms with E-state index < -0.39 is 27.7 Å². The van der Waals surface area contributed by atoms with Gasteiger partial charge in [-0.2, -0.15) is 4.31 Å². The van der Waals surface area contributed by atoms with E-state index in [1.54, 1.807) is 13.8 Å². The van der Waals surface area contributed by atoms with Crippen molar-refractivity contribution in [1.82, 2.24) is 4.31 Å². The van der Waals surface area contributed by atoms with E-state index in [0.717, 1.165) is 0 Å². The molecule has 0 saturated carbocycles. The first kappa shape index (κ1) is 15.9. The van der Waals surface area contributed by atoms with E-state index in [2.05, 4.69) is 0 Å². The average molecular weight is 315 g/mol. The number of sulfonamides is 1. The molecule has 1 aliphatic heterocycles. The predicted octanol–water partition coefficient (Wildman–Crippen LogP) is 1.93. The smallest absolute Gasteiger partial charge is 0.307 e. The van der Waals surface area contributed by atoms with Crippen molar-refractivity contribution in [2.45, 2.75) is 31.6 Å². The molecule has 7 heteroatoms. The number of benzene rings is 1. The van der Waals surface area contributed by atoms with Crippen molar-refractivity contribution in [3.05, 3.63) is 29.1 Å². The maximum atomic E-state index is 13.3. The fraction of sp³-hybridized carbons (Fsp3) is 0.500. The molecule has 1 aromatic rings. The van der Waals surface area contributed by atoms with E-state index in [1.807, 2.05) is 0 Å². The van der Waals surface area contributed by atoms with Crippen LogP contribution in [0, 0.1) is 25.6 Å². The third-order valence-electron chi connectivity index (χ3n) is 3.76. The summed E-state index contributed by atoms with van der Waals surface area (Å²) >= 11 is 0. The number of rotatable bonds is 3. The fourth-order valence-corrected chi connectivity index (χ4v) is 4.73. The summed E-state index contributed by atoms with van der Waals surface area (Å²) in [6.45, 7) is 3.35. The zero-order valence-electron chi connectivity index (χ0n) is 12.0. The molecule has 0 aromatic heterocycles. The average Bonchev–Trinajstić information content (AvgIpc) is 2.37. The highest BCUT2D eigenvalue weighted by Crippen LogP contribution is 2.28. The molecule has 21 heavy (non-hydrogen) atoms. The van der Waals surface area contributed by atoms with Gasteiger partial charge in [-0.1, -0.05) is 0 Å². The van der Waals surface area contributed by atoms with Crippen LogP contribution in [-0.4, -0.2) is 36.9 Å². The SMILES string of the molecule is Cc1cc(F)cc(C)c1S(=O)(=O)N1CCCC(C(=O)O)C1. The minimum absolute atomic E-state index is 0.0338. The Kier molecular flexibility index (Phi) is 4.34. The molecule has 1 saturated heterocycles. The van der Waals surface area contributed by atoms with Crippen LogP contribution in [-0.2, 0) is 14.8 Å². The number of nitrogens with zero attached hydrogens (tertiary/aromatic N) is 1. The summed E-state index contributed by atoms with van der Waals surface area (Å²) in [5, 5.41) is 9.07. The second-order valence-corrected chi connectivity index (χ2v) is 7.28. The van der Waals surface area contributed by atoms with Gasteiger partial charge in [-0.15, -0.1) is 0 Å². The van der Waals surface area contributed by atoms with Crippen LogP contribution >= 0.6 is 0 Å². The maximum absolute atomic E-state index is 13.3. The third-order valence-corrected chi connectivity index (χ3v) is 5.93. The van der Waals surface area contributed by atoms with Crippen LogP contribution in [0.2, 0.25) is 0 Å². The maximum Gasteiger partial charge on any atom is 0.307 e. The molecule has 0 radical (unpaired) electrons. The predicted molar refractivity (Wildman–Crippen MR) is 75.0 cm³/mol. The Balaban J connectivity index is 2.41. The highest BCUT2D eigenvalue weighted by molar-refractivity contribution is 7.89. The van der Waals surface area contributed by atoms with Gasteiger partial charge in [0, 0.05) is 13.1 Å². The van der Waals surface area contributed by atoms with Crippen LogP contribution in [0.25, 0.3) is 0 Å². The molecule has 0 amide bonds. The molecular weight excluding hydrogens is 297 g/mol. The van der Waals surface area contributed by atoms with E-state index >= 15 is 0 Å². The zero-order chi connectivity index (χ0) is 15.8. The standard InChI is InChI=1S/C14H18FNO4S/c1-9-6-12(15)7-10(2)13(9)21(19,20)16-5-3-4-11(8-16)14(17)18/h6-7,11H,3-5,8H2,1-2H3,(H,17,18). The van der Waals surface area contributed by atoms with Crippen LogP contribution in [0.3, 0.4) is 0 Å². The van der Waals surface area contributed by atoms with Gasteiger partial charge in [0.1, 0.15) is 5.82 Å². The lowest BCUT2D eigenvalue weighted by atomic mass is 10.0. The summed E-state index contributed by atoms with van der Waals surface area (Å²) in [6.07, 6.45) is 0.984. The van der Waals surface area contributed by atoms with Gasteiger partial charge in [0.2, 0.25) is 10.0 Å². The van der Waals surface area contributed by atoms with Gasteiger partial charge in [0.05, 0.1) is 10.8 Å². The molecule has 116 valence electrons. The van der Waals surface area contributed by atoms with Gasteiger partial charge in [-0.05, 0) is 49.9 Å². The zero-order valence-corrected chi connectivity index (χ0v) is 12.8. The van der Waals surface area contributed by atoms with Crippen LogP contribution < -0.4 is 0 Å². The number of carboxylic acid groups (broad SMARTS) is 1. The molecule has 1 aliphatic rings. The Morgan fingerprint density at radius 2 is 1.90 bits per heavy atom. The molecule has 2 rings (SSSR count). The van der Waals surface area contributed by atoms with Crippen LogP contribution in [0.4, 0.5) is 4.39 Å². The summed E-state index contributed by atoms with van der Waals surface area (Å²) in [6, 6.07) is 2.36. The van der Waals surface area contributed by atoms with Gasteiger partial charge in [-0.25, -0.2) is 12.8 Å². The number of piperidine rings is 1. The Bertz CT molecular complexity index is 649. The monoisotopic (exact) mass is 315 g/mol. The first-order valence-corrected chi connectivity index (χ1v) is 8.17. The molecule has 1 atom stereocenters. The van der Waals surface area contributed by atoms with Crippen LogP contribution in [0.1, 0.15) is 24.0 Å². The topological polar surface area (TPSA) is 74.7 Å². The normalized spacial score (nSPS) is 20.4. The lowest BCUT2D eigenvalue weighted by Crippen LogP contribution is -2.42. The first-order chi connectivity index (χ1) is 9.73. The van der Waals surface area contributed by atoms with Gasteiger partial charge < -0.3 is 5.11 Å². The lowest BCUT2D eigenvalue weighted by Gasteiger charge is -2.30. The highest BCUT2D eigenvalue weighted by atomic mass is 32.2. The van der Waals surface area contributed by atoms with Gasteiger partial charge >= 0.3 is 5.97 Å². The van der Waals surface area contributed by atoms with E-state index in [-0.39, 0.29) is 11.4 Å². The van der Waals surface area contributed by atoms with Crippen molar-refractivity contribution < 1.29 is 22.7 Å². The van der Waals surface area contributed by atoms with Crippen molar-refractivity contribution in [1.29, 1.82) is 0 Å². The molecule has 1 aromatic carbocycles. The molecule has 5 nitrogen and oxygen atoms in total. The summed E-state index contributed by atoms with van der Waals surface area (Å²) in [5.41, 5.74) is 0.676.